The Morgan fingerprint density at radius 3 is 2.50 bits per heavy atom. The van der Waals surface area contributed by atoms with E-state index in [1.165, 1.54) is 12.5 Å². The second-order valence-electron chi connectivity index (χ2n) is 8.13. The summed E-state index contributed by atoms with van der Waals surface area (Å²) in [5.41, 5.74) is 1.06. The van der Waals surface area contributed by atoms with E-state index in [-0.39, 0.29) is 11.5 Å². The molecule has 1 aromatic carbocycles. The van der Waals surface area contributed by atoms with E-state index in [1.807, 2.05) is 13.8 Å². The number of fused-ring (bicyclic) bond motifs is 1. The van der Waals surface area contributed by atoms with Gasteiger partial charge in [-0.25, -0.2) is 23.5 Å². The molecule has 2 aromatic heterocycles. The highest BCUT2D eigenvalue weighted by Gasteiger charge is 2.27. The molecule has 1 saturated carbocycles. The third-order valence-corrected chi connectivity index (χ3v) is 5.63. The quantitative estimate of drug-likeness (QED) is 0.570. The van der Waals surface area contributed by atoms with Crippen molar-refractivity contribution in [1.29, 1.82) is 0 Å². The van der Waals surface area contributed by atoms with Crippen molar-refractivity contribution in [3.8, 4) is 0 Å². The number of aromatic nitrogens is 2. The summed E-state index contributed by atoms with van der Waals surface area (Å²) in [6, 6.07) is 1.03. The van der Waals surface area contributed by atoms with Crippen molar-refractivity contribution in [2.24, 2.45) is 5.92 Å². The first-order valence-corrected chi connectivity index (χ1v) is 10.1. The Morgan fingerprint density at radius 1 is 1.20 bits per heavy atom. The van der Waals surface area contributed by atoms with E-state index in [4.69, 9.17) is 4.42 Å². The van der Waals surface area contributed by atoms with Gasteiger partial charge in [-0.3, -0.25) is 0 Å². The predicted molar refractivity (Wildman–Crippen MR) is 109 cm³/mol. The second kappa shape index (κ2) is 8.01. The van der Waals surface area contributed by atoms with Gasteiger partial charge >= 0.3 is 6.03 Å². The number of hydrogen-bond acceptors (Lipinski definition) is 4. The van der Waals surface area contributed by atoms with Crippen LogP contribution in [0, 0.1) is 24.5 Å². The number of nitrogens with one attached hydrogen (secondary N) is 2. The Labute approximate surface area is 173 Å². The lowest BCUT2D eigenvalue weighted by molar-refractivity contribution is 0.241. The smallest absolute Gasteiger partial charge is 0.319 e. The first-order valence-electron chi connectivity index (χ1n) is 10.1. The Bertz CT molecular complexity index is 1070. The average Bonchev–Trinajstić information content (AvgIpc) is 2.97. The first kappa shape index (κ1) is 20.3. The largest absolute Gasteiger partial charge is 0.455 e. The summed E-state index contributed by atoms with van der Waals surface area (Å²) in [5, 5.41) is 5.94. The van der Waals surface area contributed by atoms with Crippen LogP contribution in [0.4, 0.5) is 19.3 Å². The molecule has 3 aromatic rings. The van der Waals surface area contributed by atoms with Crippen LogP contribution in [0.1, 0.15) is 62.2 Å². The van der Waals surface area contributed by atoms with Gasteiger partial charge in [0.05, 0.1) is 24.1 Å². The van der Waals surface area contributed by atoms with Crippen molar-refractivity contribution in [2.45, 2.75) is 52.0 Å². The minimum atomic E-state index is -0.769. The van der Waals surface area contributed by atoms with Crippen LogP contribution in [0.5, 0.6) is 0 Å². The maximum Gasteiger partial charge on any atom is 0.319 e. The summed E-state index contributed by atoms with van der Waals surface area (Å²) in [6.45, 7) is 5.54. The molecule has 2 amide bonds. The van der Waals surface area contributed by atoms with Gasteiger partial charge in [0.2, 0.25) is 0 Å². The van der Waals surface area contributed by atoms with Crippen molar-refractivity contribution in [3.63, 3.8) is 0 Å². The number of benzene rings is 1. The summed E-state index contributed by atoms with van der Waals surface area (Å²) in [7, 11) is 0. The standard InChI is InChI=1S/C22H24F2N4O2/c1-11(2)18(19-12(3)16-7-14(23)8-17(24)20(16)30-19)28-22(29)27-15-9-25-21(26-10-15)13-5-4-6-13/h7-11,13,18H,4-6H2,1-3H3,(H2,27,28,29)/t18-/m1/s1. The number of carbonyl (C=O) groups is 1. The molecule has 1 fully saturated rings. The van der Waals surface area contributed by atoms with Gasteiger partial charge < -0.3 is 15.1 Å². The predicted octanol–water partition coefficient (Wildman–Crippen LogP) is 5.60. The van der Waals surface area contributed by atoms with Crippen molar-refractivity contribution in [2.75, 3.05) is 5.32 Å². The molecule has 158 valence electrons. The molecular weight excluding hydrogens is 390 g/mol. The van der Waals surface area contributed by atoms with Gasteiger partial charge in [-0.2, -0.15) is 0 Å². The number of nitrogens with zero attached hydrogens (tertiary/aromatic N) is 2. The SMILES string of the molecule is Cc1c([C@H](NC(=O)Nc2cnc(C3CCC3)nc2)C(C)C)oc2c(F)cc(F)cc12. The molecule has 0 radical (unpaired) electrons. The third kappa shape index (κ3) is 3.86. The van der Waals surface area contributed by atoms with E-state index in [0.717, 1.165) is 24.7 Å². The highest BCUT2D eigenvalue weighted by molar-refractivity contribution is 5.89. The Hall–Kier alpha value is -3.03. The summed E-state index contributed by atoms with van der Waals surface area (Å²) in [6.07, 6.45) is 6.59. The van der Waals surface area contributed by atoms with Crippen LogP contribution in [0.3, 0.4) is 0 Å². The molecule has 8 heteroatoms. The zero-order valence-corrected chi connectivity index (χ0v) is 17.1. The van der Waals surface area contributed by atoms with Gasteiger partial charge in [-0.1, -0.05) is 20.3 Å². The Morgan fingerprint density at radius 2 is 1.90 bits per heavy atom. The van der Waals surface area contributed by atoms with Gasteiger partial charge in [0, 0.05) is 22.9 Å². The molecule has 4 rings (SSSR count). The first-order chi connectivity index (χ1) is 14.3. The molecule has 1 atom stereocenters. The van der Waals surface area contributed by atoms with E-state index in [2.05, 4.69) is 20.6 Å². The molecular formula is C22H24F2N4O2. The van der Waals surface area contributed by atoms with Crippen LogP contribution in [0.15, 0.2) is 28.9 Å². The normalized spacial score (nSPS) is 15.3. The van der Waals surface area contributed by atoms with Gasteiger partial charge in [-0.05, 0) is 31.7 Å². The van der Waals surface area contributed by atoms with Crippen LogP contribution < -0.4 is 10.6 Å². The zero-order chi connectivity index (χ0) is 21.4. The number of anilines is 1. The molecule has 6 nitrogen and oxygen atoms in total. The Balaban J connectivity index is 1.52. The minimum Gasteiger partial charge on any atom is -0.455 e. The number of halogens is 2. The average molecular weight is 414 g/mol. The van der Waals surface area contributed by atoms with Crippen LogP contribution in [-0.2, 0) is 0 Å². The molecule has 0 bridgehead atoms. The van der Waals surface area contributed by atoms with E-state index in [1.54, 1.807) is 19.3 Å². The van der Waals surface area contributed by atoms with E-state index < -0.39 is 23.7 Å². The lowest BCUT2D eigenvalue weighted by atomic mass is 9.85. The fourth-order valence-electron chi connectivity index (χ4n) is 3.68. The molecule has 30 heavy (non-hydrogen) atoms. The summed E-state index contributed by atoms with van der Waals surface area (Å²) in [5.74, 6) is 0.123. The molecule has 0 unspecified atom stereocenters. The monoisotopic (exact) mass is 414 g/mol. The minimum absolute atomic E-state index is 0.0169. The van der Waals surface area contributed by atoms with Crippen molar-refractivity contribution < 1.29 is 18.0 Å². The number of hydrogen-bond donors (Lipinski definition) is 2. The fourth-order valence-corrected chi connectivity index (χ4v) is 3.68. The molecule has 1 aliphatic carbocycles. The molecule has 0 aliphatic heterocycles. The number of urea groups is 1. The van der Waals surface area contributed by atoms with Crippen molar-refractivity contribution in [3.05, 3.63) is 53.3 Å². The van der Waals surface area contributed by atoms with Crippen LogP contribution in [0.25, 0.3) is 11.0 Å². The number of carbonyl (C=O) groups excluding carboxylic acids is 1. The summed E-state index contributed by atoms with van der Waals surface area (Å²) in [4.78, 5) is 21.3. The molecule has 1 aliphatic rings. The highest BCUT2D eigenvalue weighted by atomic mass is 19.1. The summed E-state index contributed by atoms with van der Waals surface area (Å²) >= 11 is 0. The number of furan rings is 1. The van der Waals surface area contributed by atoms with Crippen LogP contribution in [-0.4, -0.2) is 16.0 Å². The van der Waals surface area contributed by atoms with Crippen LogP contribution in [0.2, 0.25) is 0 Å². The van der Waals surface area contributed by atoms with Crippen molar-refractivity contribution in [1.82, 2.24) is 15.3 Å². The topological polar surface area (TPSA) is 80.0 Å². The number of amides is 2. The van der Waals surface area contributed by atoms with E-state index >= 15 is 0 Å². The van der Waals surface area contributed by atoms with Gasteiger partial charge in [0.15, 0.2) is 11.4 Å². The molecule has 2 N–H and O–H groups in total. The second-order valence-corrected chi connectivity index (χ2v) is 8.13. The number of aryl methyl sites for hydroxylation is 1. The molecule has 2 heterocycles. The highest BCUT2D eigenvalue weighted by Crippen LogP contribution is 2.35. The maximum absolute atomic E-state index is 14.1. The molecule has 0 saturated heterocycles. The summed E-state index contributed by atoms with van der Waals surface area (Å²) < 4.78 is 33.5. The number of rotatable bonds is 5. The Kier molecular flexibility index (Phi) is 5.40. The third-order valence-electron chi connectivity index (χ3n) is 5.63. The van der Waals surface area contributed by atoms with Gasteiger partial charge in [0.25, 0.3) is 0 Å². The van der Waals surface area contributed by atoms with Gasteiger partial charge in [0.1, 0.15) is 17.4 Å². The lowest BCUT2D eigenvalue weighted by Crippen LogP contribution is -2.35. The lowest BCUT2D eigenvalue weighted by Gasteiger charge is -2.23. The van der Waals surface area contributed by atoms with E-state index in [9.17, 15) is 13.6 Å². The van der Waals surface area contributed by atoms with Gasteiger partial charge in [-0.15, -0.1) is 0 Å². The molecule has 0 spiro atoms. The maximum atomic E-state index is 14.1. The fraction of sp³-hybridized carbons (Fsp3) is 0.409. The van der Waals surface area contributed by atoms with Crippen molar-refractivity contribution >= 4 is 22.7 Å². The van der Waals surface area contributed by atoms with Crippen LogP contribution >= 0.6 is 0 Å². The van der Waals surface area contributed by atoms with E-state index in [0.29, 0.717) is 28.3 Å². The zero-order valence-electron chi connectivity index (χ0n) is 17.1.